The Hall–Kier alpha value is -1.85. The van der Waals surface area contributed by atoms with Crippen LogP contribution in [-0.4, -0.2) is 21.7 Å². The highest BCUT2D eigenvalue weighted by Gasteiger charge is 2.53. The molecule has 0 fully saturated rings. The molecule has 1 aromatic heterocycles. The topological polar surface area (TPSA) is 86.6 Å². The number of amides is 1. The Morgan fingerprint density at radius 3 is 2.42 bits per heavy atom. The van der Waals surface area contributed by atoms with Crippen molar-refractivity contribution in [2.24, 2.45) is 0 Å². The van der Waals surface area contributed by atoms with Crippen LogP contribution in [0.2, 0.25) is 0 Å². The molecule has 13 heteroatoms. The van der Waals surface area contributed by atoms with Crippen LogP contribution < -0.4 is 5.32 Å². The van der Waals surface area contributed by atoms with Crippen LogP contribution in [0.3, 0.4) is 0 Å². The molecule has 0 bridgehead atoms. The van der Waals surface area contributed by atoms with E-state index >= 15 is 0 Å². The molecule has 178 valence electrons. The number of rotatable bonds is 6. The van der Waals surface area contributed by atoms with E-state index in [1.54, 1.807) is 6.92 Å². The Bertz CT molecular complexity index is 1260. The maximum absolute atomic E-state index is 14.2. The van der Waals surface area contributed by atoms with Crippen LogP contribution in [0.4, 0.5) is 22.0 Å². The first-order valence-electron chi connectivity index (χ1n) is 9.24. The summed E-state index contributed by atoms with van der Waals surface area (Å²) in [5.74, 6) is -0.585. The number of halogens is 6. The first-order valence-corrected chi connectivity index (χ1v) is 12.5. The molecule has 0 aliphatic heterocycles. The Kier molecular flexibility index (Phi) is 7.08. The highest BCUT2D eigenvalue weighted by atomic mass is 79.9. The number of carbonyl (C=O) groups is 1. The van der Waals surface area contributed by atoms with Crippen LogP contribution in [-0.2, 0) is 22.8 Å². The molecular weight excluding hydrogens is 556 g/mol. The Morgan fingerprint density at radius 1 is 1.15 bits per heavy atom. The summed E-state index contributed by atoms with van der Waals surface area (Å²) in [5.41, 5.74) is -4.74. The Balaban J connectivity index is 1.80. The van der Waals surface area contributed by atoms with Gasteiger partial charge in [-0.05, 0) is 59.1 Å². The molecule has 1 amide bonds. The molecule has 5 nitrogen and oxygen atoms in total. The minimum absolute atomic E-state index is 0.0861. The average Bonchev–Trinajstić information content (AvgIpc) is 3.03. The summed E-state index contributed by atoms with van der Waals surface area (Å²) >= 11 is 3.43. The number of fused-ring (bicyclic) bond motifs is 1. The van der Waals surface area contributed by atoms with Gasteiger partial charge in [-0.1, -0.05) is 18.2 Å². The molecule has 0 saturated carbocycles. The van der Waals surface area contributed by atoms with Crippen molar-refractivity contribution in [1.82, 2.24) is 5.32 Å². The third-order valence-electron chi connectivity index (χ3n) is 4.70. The molecule has 3 aromatic rings. The SMILES string of the molecule is C[C@@H](Cc1cccc(C(F)(F)F)c1)NC(=O)c1ccc2sc(C(F)(F)P(=O)(O)O)c(Br)c2c1. The number of thiophene rings is 1. The average molecular weight is 572 g/mol. The van der Waals surface area contributed by atoms with E-state index in [1.165, 1.54) is 30.3 Å². The minimum Gasteiger partial charge on any atom is -0.349 e. The molecule has 0 aliphatic carbocycles. The molecule has 0 radical (unpaired) electrons. The number of hydrogen-bond donors (Lipinski definition) is 3. The molecule has 33 heavy (non-hydrogen) atoms. The maximum atomic E-state index is 14.2. The van der Waals surface area contributed by atoms with Crippen molar-refractivity contribution in [1.29, 1.82) is 0 Å². The predicted octanol–water partition coefficient (Wildman–Crippen LogP) is 6.27. The fraction of sp³-hybridized carbons (Fsp3) is 0.250. The number of benzene rings is 2. The van der Waals surface area contributed by atoms with Gasteiger partial charge in [0.1, 0.15) is 4.88 Å². The van der Waals surface area contributed by atoms with Gasteiger partial charge in [0.05, 0.1) is 5.56 Å². The third-order valence-corrected chi connectivity index (χ3v) is 8.14. The van der Waals surface area contributed by atoms with Gasteiger partial charge in [0.15, 0.2) is 0 Å². The summed E-state index contributed by atoms with van der Waals surface area (Å²) in [6.07, 6.45) is -4.36. The quantitative estimate of drug-likeness (QED) is 0.240. The first-order chi connectivity index (χ1) is 15.1. The molecule has 0 spiro atoms. The lowest BCUT2D eigenvalue weighted by molar-refractivity contribution is -0.137. The first kappa shape index (κ1) is 25.8. The maximum Gasteiger partial charge on any atom is 0.416 e. The standard InChI is InChI=1S/C20H16BrF5NO4PS/c1-10(7-11-3-2-4-13(8-11)19(22,23)24)27-18(28)12-5-6-15-14(9-12)16(21)17(33-15)20(25,26)32(29,30)31/h2-6,8-10H,7H2,1H3,(H,27,28)(H2,29,30,31)/t10-/m0/s1. The summed E-state index contributed by atoms with van der Waals surface area (Å²) < 4.78 is 78.2. The van der Waals surface area contributed by atoms with Crippen LogP contribution in [0.15, 0.2) is 46.9 Å². The summed E-state index contributed by atoms with van der Waals surface area (Å²) in [7, 11) is -5.77. The van der Waals surface area contributed by atoms with Gasteiger partial charge in [-0.3, -0.25) is 9.36 Å². The number of carbonyl (C=O) groups excluding carboxylic acids is 1. The molecule has 3 N–H and O–H groups in total. The van der Waals surface area contributed by atoms with Gasteiger partial charge >= 0.3 is 19.4 Å². The van der Waals surface area contributed by atoms with E-state index < -0.39 is 41.8 Å². The Labute approximate surface area is 196 Å². The lowest BCUT2D eigenvalue weighted by Crippen LogP contribution is -2.34. The fourth-order valence-electron chi connectivity index (χ4n) is 3.12. The van der Waals surface area contributed by atoms with Crippen molar-refractivity contribution >= 4 is 50.9 Å². The van der Waals surface area contributed by atoms with Crippen molar-refractivity contribution in [2.45, 2.75) is 31.2 Å². The monoisotopic (exact) mass is 571 g/mol. The van der Waals surface area contributed by atoms with E-state index in [2.05, 4.69) is 21.2 Å². The van der Waals surface area contributed by atoms with Crippen molar-refractivity contribution in [3.63, 3.8) is 0 Å². The summed E-state index contributed by atoms with van der Waals surface area (Å²) in [4.78, 5) is 29.7. The highest BCUT2D eigenvalue weighted by Crippen LogP contribution is 2.62. The van der Waals surface area contributed by atoms with Gasteiger partial charge in [-0.2, -0.15) is 22.0 Å². The molecule has 0 unspecified atom stereocenters. The second kappa shape index (κ2) is 9.07. The second-order valence-corrected chi connectivity index (χ2v) is 10.8. The van der Waals surface area contributed by atoms with E-state index in [0.717, 1.165) is 12.1 Å². The zero-order valence-electron chi connectivity index (χ0n) is 16.7. The van der Waals surface area contributed by atoms with Gasteiger partial charge in [0.25, 0.3) is 5.91 Å². The van der Waals surface area contributed by atoms with Crippen LogP contribution in [0.1, 0.15) is 33.3 Å². The number of hydrogen-bond acceptors (Lipinski definition) is 3. The third kappa shape index (κ3) is 5.46. The number of alkyl halides is 5. The van der Waals surface area contributed by atoms with E-state index in [-0.39, 0.29) is 26.5 Å². The van der Waals surface area contributed by atoms with Crippen molar-refractivity contribution < 1.29 is 41.1 Å². The highest BCUT2D eigenvalue weighted by molar-refractivity contribution is 9.10. The minimum atomic E-state index is -5.77. The normalized spacial score (nSPS) is 13.8. The molecule has 1 heterocycles. The van der Waals surface area contributed by atoms with E-state index in [4.69, 9.17) is 9.79 Å². The molecule has 1 atom stereocenters. The van der Waals surface area contributed by atoms with Crippen LogP contribution in [0.5, 0.6) is 0 Å². The summed E-state index contributed by atoms with van der Waals surface area (Å²) in [5, 5.41) is 2.81. The molecule has 3 rings (SSSR count). The van der Waals surface area contributed by atoms with E-state index in [9.17, 15) is 31.3 Å². The van der Waals surface area contributed by atoms with Crippen molar-refractivity contribution in [2.75, 3.05) is 0 Å². The summed E-state index contributed by atoms with van der Waals surface area (Å²) in [6, 6.07) is 8.21. The van der Waals surface area contributed by atoms with Crippen LogP contribution in [0, 0.1) is 0 Å². The molecule has 2 aromatic carbocycles. The van der Waals surface area contributed by atoms with E-state index in [1.807, 2.05) is 0 Å². The molecule has 0 saturated heterocycles. The van der Waals surface area contributed by atoms with E-state index in [0.29, 0.717) is 16.9 Å². The molecular formula is C20H16BrF5NO4PS. The van der Waals surface area contributed by atoms with Gasteiger partial charge in [-0.15, -0.1) is 11.3 Å². The lowest BCUT2D eigenvalue weighted by Gasteiger charge is -2.16. The van der Waals surface area contributed by atoms with Crippen molar-refractivity contribution in [3.05, 3.63) is 68.5 Å². The predicted molar refractivity (Wildman–Crippen MR) is 118 cm³/mol. The smallest absolute Gasteiger partial charge is 0.349 e. The van der Waals surface area contributed by atoms with Gasteiger partial charge < -0.3 is 15.1 Å². The second-order valence-electron chi connectivity index (χ2n) is 7.32. The van der Waals surface area contributed by atoms with Crippen LogP contribution >= 0.6 is 34.9 Å². The van der Waals surface area contributed by atoms with Gasteiger partial charge in [-0.25, -0.2) is 0 Å². The van der Waals surface area contributed by atoms with Crippen molar-refractivity contribution in [3.8, 4) is 0 Å². The molecule has 0 aliphatic rings. The Morgan fingerprint density at radius 2 is 1.82 bits per heavy atom. The lowest BCUT2D eigenvalue weighted by atomic mass is 10.0. The summed E-state index contributed by atoms with van der Waals surface area (Å²) in [6.45, 7) is 1.61. The van der Waals surface area contributed by atoms with Gasteiger partial charge in [0, 0.05) is 26.2 Å². The number of nitrogens with one attached hydrogen (secondary N) is 1. The fourth-order valence-corrected chi connectivity index (χ4v) is 6.04. The zero-order chi connectivity index (χ0) is 24.8. The largest absolute Gasteiger partial charge is 0.416 e. The zero-order valence-corrected chi connectivity index (χ0v) is 20.0. The van der Waals surface area contributed by atoms with Crippen LogP contribution in [0.25, 0.3) is 10.1 Å². The van der Waals surface area contributed by atoms with Gasteiger partial charge in [0.2, 0.25) is 0 Å².